The maximum atomic E-state index is 12.4. The number of aromatic nitrogens is 3. The normalized spacial score (nSPS) is 25.3. The van der Waals surface area contributed by atoms with Crippen LogP contribution in [0.15, 0.2) is 0 Å². The minimum absolute atomic E-state index is 0.0385. The fourth-order valence-electron chi connectivity index (χ4n) is 2.83. The number of hydrogen-bond acceptors (Lipinski definition) is 5. The summed E-state index contributed by atoms with van der Waals surface area (Å²) in [7, 11) is 0. The van der Waals surface area contributed by atoms with Crippen LogP contribution < -0.4 is 5.32 Å². The molecule has 0 bridgehead atoms. The number of amides is 2. The molecule has 8 nitrogen and oxygen atoms in total. The van der Waals surface area contributed by atoms with Gasteiger partial charge in [0.05, 0.1) is 13.2 Å². The highest BCUT2D eigenvalue weighted by atomic mass is 16.5. The molecule has 0 aromatic carbocycles. The maximum Gasteiger partial charge on any atom is 0.245 e. The van der Waals surface area contributed by atoms with E-state index in [4.69, 9.17) is 4.74 Å². The van der Waals surface area contributed by atoms with Gasteiger partial charge < -0.3 is 15.0 Å². The molecule has 1 aromatic rings. The highest BCUT2D eigenvalue weighted by Gasteiger charge is 2.34. The Bertz CT molecular complexity index is 558. The Morgan fingerprint density at radius 3 is 3.09 bits per heavy atom. The van der Waals surface area contributed by atoms with E-state index in [1.54, 1.807) is 4.90 Å². The van der Waals surface area contributed by atoms with Crippen molar-refractivity contribution in [3.05, 3.63) is 11.6 Å². The van der Waals surface area contributed by atoms with E-state index >= 15 is 0 Å². The van der Waals surface area contributed by atoms with Gasteiger partial charge in [-0.2, -0.15) is 5.10 Å². The lowest BCUT2D eigenvalue weighted by molar-refractivity contribution is -0.142. The zero-order chi connectivity index (χ0) is 15.5. The number of hydrogen-bond donors (Lipinski definition) is 2. The smallest absolute Gasteiger partial charge is 0.245 e. The summed E-state index contributed by atoms with van der Waals surface area (Å²) in [5.74, 6) is 1.34. The van der Waals surface area contributed by atoms with Crippen molar-refractivity contribution in [3.8, 4) is 0 Å². The zero-order valence-corrected chi connectivity index (χ0v) is 12.7. The van der Waals surface area contributed by atoms with E-state index in [0.717, 1.165) is 18.7 Å². The molecule has 0 radical (unpaired) electrons. The lowest BCUT2D eigenvalue weighted by atomic mass is 10.1. The van der Waals surface area contributed by atoms with Gasteiger partial charge in [0, 0.05) is 19.4 Å². The summed E-state index contributed by atoms with van der Waals surface area (Å²) in [4.78, 5) is 29.9. The highest BCUT2D eigenvalue weighted by molar-refractivity contribution is 5.90. The molecule has 2 aliphatic heterocycles. The van der Waals surface area contributed by atoms with Crippen LogP contribution >= 0.6 is 0 Å². The van der Waals surface area contributed by atoms with Gasteiger partial charge in [0.2, 0.25) is 11.8 Å². The minimum atomic E-state index is -0.394. The third-order valence-corrected chi connectivity index (χ3v) is 4.00. The molecule has 2 amide bonds. The Morgan fingerprint density at radius 1 is 1.50 bits per heavy atom. The number of carbonyl (C=O) groups is 2. The molecule has 3 rings (SSSR count). The molecular weight excluding hydrogens is 286 g/mol. The van der Waals surface area contributed by atoms with Gasteiger partial charge >= 0.3 is 0 Å². The van der Waals surface area contributed by atoms with Gasteiger partial charge in [-0.05, 0) is 12.8 Å². The number of ether oxygens (including phenoxy) is 1. The summed E-state index contributed by atoms with van der Waals surface area (Å²) in [6.45, 7) is 3.49. The fourth-order valence-corrected chi connectivity index (χ4v) is 2.83. The molecule has 22 heavy (non-hydrogen) atoms. The first-order valence-corrected chi connectivity index (χ1v) is 7.78. The number of H-pyrrole nitrogens is 1. The first-order chi connectivity index (χ1) is 10.7. The molecule has 120 valence electrons. The highest BCUT2D eigenvalue weighted by Crippen LogP contribution is 2.21. The molecule has 2 aliphatic rings. The van der Waals surface area contributed by atoms with Crippen molar-refractivity contribution in [2.75, 3.05) is 19.7 Å². The molecule has 0 saturated carbocycles. The summed E-state index contributed by atoms with van der Waals surface area (Å²) in [5, 5.41) is 9.82. The summed E-state index contributed by atoms with van der Waals surface area (Å²) >= 11 is 0. The van der Waals surface area contributed by atoms with Crippen LogP contribution in [0.5, 0.6) is 0 Å². The van der Waals surface area contributed by atoms with Crippen molar-refractivity contribution in [2.45, 2.75) is 44.8 Å². The van der Waals surface area contributed by atoms with Crippen LogP contribution in [0.4, 0.5) is 0 Å². The molecular formula is C14H21N5O3. The van der Waals surface area contributed by atoms with Crippen LogP contribution in [0.2, 0.25) is 0 Å². The standard InChI is InChI=1S/C14H21N5O3/c1-2-3-11-16-13(18-17-11)10-8-19(6-7-22-10)14(21)9-4-5-12(20)15-9/h9-10H,2-8H2,1H3,(H,15,20)(H,16,17,18)/t9-,10-/m0/s1. The molecule has 0 spiro atoms. The van der Waals surface area contributed by atoms with Crippen molar-refractivity contribution in [1.29, 1.82) is 0 Å². The molecule has 2 atom stereocenters. The topological polar surface area (TPSA) is 100 Å². The van der Waals surface area contributed by atoms with Gasteiger partial charge in [0.15, 0.2) is 5.82 Å². The molecule has 0 unspecified atom stereocenters. The lowest BCUT2D eigenvalue weighted by Crippen LogP contribution is -2.49. The number of nitrogens with one attached hydrogen (secondary N) is 2. The number of nitrogens with zero attached hydrogens (tertiary/aromatic N) is 3. The number of morpholine rings is 1. The van der Waals surface area contributed by atoms with E-state index in [-0.39, 0.29) is 17.9 Å². The third kappa shape index (κ3) is 3.11. The fraction of sp³-hybridized carbons (Fsp3) is 0.714. The van der Waals surface area contributed by atoms with E-state index in [0.29, 0.717) is 38.4 Å². The van der Waals surface area contributed by atoms with E-state index in [1.165, 1.54) is 0 Å². The Balaban J connectivity index is 1.63. The number of carbonyl (C=O) groups excluding carboxylic acids is 2. The van der Waals surface area contributed by atoms with Gasteiger partial charge in [0.1, 0.15) is 18.0 Å². The third-order valence-electron chi connectivity index (χ3n) is 4.00. The molecule has 2 N–H and O–H groups in total. The Hall–Kier alpha value is -1.96. The van der Waals surface area contributed by atoms with Crippen LogP contribution in [0.25, 0.3) is 0 Å². The molecule has 0 aliphatic carbocycles. The van der Waals surface area contributed by atoms with E-state index < -0.39 is 6.04 Å². The van der Waals surface area contributed by atoms with E-state index in [2.05, 4.69) is 27.4 Å². The average Bonchev–Trinajstić information content (AvgIpc) is 3.16. The molecule has 2 fully saturated rings. The van der Waals surface area contributed by atoms with Gasteiger partial charge in [-0.25, -0.2) is 4.98 Å². The largest absolute Gasteiger partial charge is 0.366 e. The SMILES string of the molecule is CCCc1nc([C@@H]2CN(C(=O)[C@@H]3CCC(=O)N3)CCO2)n[nH]1. The van der Waals surface area contributed by atoms with Crippen molar-refractivity contribution in [1.82, 2.24) is 25.4 Å². The van der Waals surface area contributed by atoms with E-state index in [9.17, 15) is 9.59 Å². The summed E-state index contributed by atoms with van der Waals surface area (Å²) in [6, 6.07) is -0.394. The lowest BCUT2D eigenvalue weighted by Gasteiger charge is -2.33. The number of rotatable bonds is 4. The molecule has 3 heterocycles. The van der Waals surface area contributed by atoms with Gasteiger partial charge in [0.25, 0.3) is 0 Å². The summed E-state index contributed by atoms with van der Waals surface area (Å²) in [6.07, 6.45) is 2.52. The van der Waals surface area contributed by atoms with Crippen molar-refractivity contribution in [2.24, 2.45) is 0 Å². The van der Waals surface area contributed by atoms with Gasteiger partial charge in [-0.3, -0.25) is 14.7 Å². The number of aromatic amines is 1. The van der Waals surface area contributed by atoms with Gasteiger partial charge in [-0.1, -0.05) is 6.92 Å². The second-order valence-corrected chi connectivity index (χ2v) is 5.69. The van der Waals surface area contributed by atoms with Crippen LogP contribution in [-0.4, -0.2) is 57.6 Å². The van der Waals surface area contributed by atoms with Crippen LogP contribution in [0.1, 0.15) is 43.9 Å². The monoisotopic (exact) mass is 307 g/mol. The van der Waals surface area contributed by atoms with E-state index in [1.807, 2.05) is 0 Å². The Labute approximate surface area is 128 Å². The average molecular weight is 307 g/mol. The summed E-state index contributed by atoms with van der Waals surface area (Å²) < 4.78 is 5.69. The zero-order valence-electron chi connectivity index (χ0n) is 12.7. The van der Waals surface area contributed by atoms with Crippen LogP contribution in [-0.2, 0) is 20.7 Å². The molecule has 8 heteroatoms. The predicted octanol–water partition coefficient (Wildman–Crippen LogP) is -0.0643. The first-order valence-electron chi connectivity index (χ1n) is 7.78. The van der Waals surface area contributed by atoms with Gasteiger partial charge in [-0.15, -0.1) is 0 Å². The van der Waals surface area contributed by atoms with Crippen molar-refractivity contribution >= 4 is 11.8 Å². The maximum absolute atomic E-state index is 12.4. The Kier molecular flexibility index (Phi) is 4.37. The molecule has 1 aromatic heterocycles. The van der Waals surface area contributed by atoms with Crippen LogP contribution in [0.3, 0.4) is 0 Å². The Morgan fingerprint density at radius 2 is 2.36 bits per heavy atom. The first kappa shape index (κ1) is 15.0. The molecule has 2 saturated heterocycles. The van der Waals surface area contributed by atoms with Crippen molar-refractivity contribution < 1.29 is 14.3 Å². The summed E-state index contributed by atoms with van der Waals surface area (Å²) in [5.41, 5.74) is 0. The van der Waals surface area contributed by atoms with Crippen LogP contribution in [0, 0.1) is 0 Å². The minimum Gasteiger partial charge on any atom is -0.366 e. The second kappa shape index (κ2) is 6.43. The second-order valence-electron chi connectivity index (χ2n) is 5.69. The quantitative estimate of drug-likeness (QED) is 0.811. The number of aryl methyl sites for hydroxylation is 1. The van der Waals surface area contributed by atoms with Crippen molar-refractivity contribution in [3.63, 3.8) is 0 Å². The predicted molar refractivity (Wildman–Crippen MR) is 76.8 cm³/mol.